The molecule has 2 aromatic rings. The maximum atomic E-state index is 14.1. The fourth-order valence-corrected chi connectivity index (χ4v) is 3.77. The molecule has 1 aromatic carbocycles. The van der Waals surface area contributed by atoms with Crippen molar-refractivity contribution in [1.82, 2.24) is 9.97 Å². The molecule has 8 heteroatoms. The molecule has 0 radical (unpaired) electrons. The van der Waals surface area contributed by atoms with Crippen molar-refractivity contribution >= 4 is 23.1 Å². The topological polar surface area (TPSA) is 85.3 Å². The number of hydrogen-bond donors (Lipinski definition) is 4. The molecule has 1 aromatic heterocycles. The Kier molecular flexibility index (Phi) is 5.24. The summed E-state index contributed by atoms with van der Waals surface area (Å²) < 4.78 is 14.1. The van der Waals surface area contributed by atoms with Crippen LogP contribution in [-0.2, 0) is 0 Å². The van der Waals surface area contributed by atoms with E-state index in [-0.39, 0.29) is 18.7 Å². The van der Waals surface area contributed by atoms with Gasteiger partial charge in [0.2, 0.25) is 5.95 Å². The van der Waals surface area contributed by atoms with E-state index in [1.165, 1.54) is 18.9 Å². The van der Waals surface area contributed by atoms with Crippen LogP contribution >= 0.6 is 0 Å². The van der Waals surface area contributed by atoms with Gasteiger partial charge in [-0.25, -0.2) is 9.37 Å². The second kappa shape index (κ2) is 7.96. The van der Waals surface area contributed by atoms with Crippen molar-refractivity contribution in [3.8, 4) is 0 Å². The maximum Gasteiger partial charge on any atom is 0.224 e. The molecule has 0 bridgehead atoms. The monoisotopic (exact) mass is 372 g/mol. The van der Waals surface area contributed by atoms with Gasteiger partial charge in [-0.05, 0) is 31.4 Å². The van der Waals surface area contributed by atoms with Gasteiger partial charge >= 0.3 is 0 Å². The second-order valence-corrected chi connectivity index (χ2v) is 6.95. The van der Waals surface area contributed by atoms with E-state index >= 15 is 0 Å². The highest BCUT2D eigenvalue weighted by Crippen LogP contribution is 2.39. The van der Waals surface area contributed by atoms with Crippen molar-refractivity contribution in [2.75, 3.05) is 34.0 Å². The molecular formula is C19H25FN6O. The highest BCUT2D eigenvalue weighted by molar-refractivity contribution is 5.74. The Morgan fingerprint density at radius 3 is 2.85 bits per heavy atom. The lowest BCUT2D eigenvalue weighted by atomic mass is 10.2. The number of rotatable bonds is 7. The zero-order valence-electron chi connectivity index (χ0n) is 15.2. The number of anilines is 4. The minimum atomic E-state index is -0.279. The molecule has 4 rings (SSSR count). The van der Waals surface area contributed by atoms with E-state index in [4.69, 9.17) is 10.1 Å². The summed E-state index contributed by atoms with van der Waals surface area (Å²) in [5.74, 6) is 1.09. The first-order valence-electron chi connectivity index (χ1n) is 9.54. The summed E-state index contributed by atoms with van der Waals surface area (Å²) in [7, 11) is 0. The molecule has 1 aliphatic carbocycles. The van der Waals surface area contributed by atoms with E-state index in [9.17, 15) is 4.39 Å². The van der Waals surface area contributed by atoms with Gasteiger partial charge in [0, 0.05) is 19.2 Å². The van der Waals surface area contributed by atoms with E-state index < -0.39 is 0 Å². The number of nitrogens with one attached hydrogen (secondary N) is 3. The van der Waals surface area contributed by atoms with Crippen LogP contribution in [0.2, 0.25) is 0 Å². The van der Waals surface area contributed by atoms with Gasteiger partial charge < -0.3 is 26.0 Å². The molecule has 2 aliphatic rings. The van der Waals surface area contributed by atoms with E-state index in [1.54, 1.807) is 18.3 Å². The lowest BCUT2D eigenvalue weighted by Crippen LogP contribution is -2.47. The Bertz CT molecular complexity index is 783. The summed E-state index contributed by atoms with van der Waals surface area (Å²) in [4.78, 5) is 11.3. The second-order valence-electron chi connectivity index (χ2n) is 6.95. The molecule has 27 heavy (non-hydrogen) atoms. The Morgan fingerprint density at radius 1 is 1.26 bits per heavy atom. The summed E-state index contributed by atoms with van der Waals surface area (Å²) in [6.07, 6.45) is 6.69. The van der Waals surface area contributed by atoms with Crippen LogP contribution in [0.3, 0.4) is 0 Å². The fourth-order valence-electron chi connectivity index (χ4n) is 3.77. The normalized spacial score (nSPS) is 19.0. The fraction of sp³-hybridized carbons (Fsp3) is 0.474. The van der Waals surface area contributed by atoms with Crippen LogP contribution in [0.15, 0.2) is 30.5 Å². The van der Waals surface area contributed by atoms with Gasteiger partial charge in [0.1, 0.15) is 5.82 Å². The van der Waals surface area contributed by atoms with E-state index in [2.05, 4.69) is 25.8 Å². The molecule has 144 valence electrons. The molecule has 1 aliphatic heterocycles. The standard InChI is InChI=1S/C19H25FN6O/c20-14-8-3-4-9-15(14)23-19-24-16-12-22-18(21-10-5-11-27)25-17(16)26(19)13-6-1-2-7-13/h3-4,8-9,12-13,19,23-24,27H,1-2,5-7,10-11H2,(H,21,22,25). The van der Waals surface area contributed by atoms with Crippen molar-refractivity contribution in [1.29, 1.82) is 0 Å². The first-order valence-corrected chi connectivity index (χ1v) is 9.54. The number of aromatic nitrogens is 2. The van der Waals surface area contributed by atoms with Crippen LogP contribution in [0.1, 0.15) is 32.1 Å². The van der Waals surface area contributed by atoms with Crippen LogP contribution in [0.5, 0.6) is 0 Å². The molecule has 7 nitrogen and oxygen atoms in total. The Balaban J connectivity index is 1.59. The predicted molar refractivity (Wildman–Crippen MR) is 104 cm³/mol. The van der Waals surface area contributed by atoms with Gasteiger partial charge in [-0.15, -0.1) is 0 Å². The van der Waals surface area contributed by atoms with Crippen molar-refractivity contribution in [3.63, 3.8) is 0 Å². The summed E-state index contributed by atoms with van der Waals surface area (Å²) in [6, 6.07) is 7.04. The average molecular weight is 372 g/mol. The highest BCUT2D eigenvalue weighted by atomic mass is 19.1. The third-order valence-electron chi connectivity index (χ3n) is 5.09. The largest absolute Gasteiger partial charge is 0.396 e. The zero-order chi connectivity index (χ0) is 18.6. The third kappa shape index (κ3) is 3.75. The summed E-state index contributed by atoms with van der Waals surface area (Å²) >= 11 is 0. The number of hydrogen-bond acceptors (Lipinski definition) is 7. The van der Waals surface area contributed by atoms with Gasteiger partial charge in [0.15, 0.2) is 12.1 Å². The van der Waals surface area contributed by atoms with Crippen molar-refractivity contribution in [2.24, 2.45) is 0 Å². The van der Waals surface area contributed by atoms with E-state index in [0.717, 1.165) is 24.3 Å². The van der Waals surface area contributed by atoms with Crippen LogP contribution in [0.4, 0.5) is 27.5 Å². The lowest BCUT2D eigenvalue weighted by Gasteiger charge is -2.32. The Morgan fingerprint density at radius 2 is 2.07 bits per heavy atom. The van der Waals surface area contributed by atoms with Gasteiger partial charge in [0.05, 0.1) is 17.6 Å². The number of halogens is 1. The number of nitrogens with zero attached hydrogens (tertiary/aromatic N) is 3. The highest BCUT2D eigenvalue weighted by Gasteiger charge is 2.37. The van der Waals surface area contributed by atoms with Crippen LogP contribution in [0, 0.1) is 5.82 Å². The first kappa shape index (κ1) is 17.8. The summed E-state index contributed by atoms with van der Waals surface area (Å²) in [5, 5.41) is 18.7. The molecule has 1 unspecified atom stereocenters. The maximum absolute atomic E-state index is 14.1. The van der Waals surface area contributed by atoms with Crippen molar-refractivity contribution < 1.29 is 9.50 Å². The van der Waals surface area contributed by atoms with Crippen LogP contribution in [0.25, 0.3) is 0 Å². The number of benzene rings is 1. The predicted octanol–water partition coefficient (Wildman–Crippen LogP) is 2.98. The summed E-state index contributed by atoms with van der Waals surface area (Å²) in [5.41, 5.74) is 1.29. The molecule has 1 atom stereocenters. The van der Waals surface area contributed by atoms with E-state index in [1.807, 2.05) is 6.07 Å². The third-order valence-corrected chi connectivity index (χ3v) is 5.09. The van der Waals surface area contributed by atoms with Gasteiger partial charge in [-0.1, -0.05) is 25.0 Å². The number of aliphatic hydroxyl groups is 1. The zero-order valence-corrected chi connectivity index (χ0v) is 15.2. The quantitative estimate of drug-likeness (QED) is 0.556. The first-order chi connectivity index (χ1) is 13.3. The van der Waals surface area contributed by atoms with Gasteiger partial charge in [0.25, 0.3) is 0 Å². The minimum absolute atomic E-state index is 0.127. The molecule has 1 saturated carbocycles. The lowest BCUT2D eigenvalue weighted by molar-refractivity contribution is 0.292. The van der Waals surface area contributed by atoms with Crippen molar-refractivity contribution in [3.05, 3.63) is 36.3 Å². The SMILES string of the molecule is OCCCNc1ncc2c(n1)N(C1CCCC1)C(Nc1ccccc1F)N2. The molecule has 1 fully saturated rings. The van der Waals surface area contributed by atoms with Crippen LogP contribution < -0.4 is 20.9 Å². The minimum Gasteiger partial charge on any atom is -0.396 e. The Labute approximate surface area is 158 Å². The molecule has 4 N–H and O–H groups in total. The van der Waals surface area contributed by atoms with Gasteiger partial charge in [-0.3, -0.25) is 0 Å². The molecule has 0 amide bonds. The molecular weight excluding hydrogens is 347 g/mol. The molecule has 0 spiro atoms. The summed E-state index contributed by atoms with van der Waals surface area (Å²) in [6.45, 7) is 0.741. The average Bonchev–Trinajstić information content (AvgIpc) is 3.31. The van der Waals surface area contributed by atoms with Crippen molar-refractivity contribution in [2.45, 2.75) is 44.4 Å². The number of aliphatic hydroxyl groups excluding tert-OH is 1. The van der Waals surface area contributed by atoms with E-state index in [0.29, 0.717) is 30.6 Å². The van der Waals surface area contributed by atoms with Gasteiger partial charge in [-0.2, -0.15) is 4.98 Å². The Hall–Kier alpha value is -2.61. The smallest absolute Gasteiger partial charge is 0.224 e. The molecule has 2 heterocycles. The van der Waals surface area contributed by atoms with Crippen LogP contribution in [-0.4, -0.2) is 40.6 Å². The number of fused-ring (bicyclic) bond motifs is 1. The molecule has 0 saturated heterocycles. The number of para-hydroxylation sites is 1.